The van der Waals surface area contributed by atoms with Crippen molar-refractivity contribution < 1.29 is 19.4 Å². The van der Waals surface area contributed by atoms with E-state index in [4.69, 9.17) is 9.84 Å². The Kier molecular flexibility index (Phi) is 6.52. The molecule has 110 valence electrons. The summed E-state index contributed by atoms with van der Waals surface area (Å²) < 4.78 is 4.74. The van der Waals surface area contributed by atoms with Crippen LogP contribution < -0.4 is 10.6 Å². The molecular weight excluding hydrogens is 260 g/mol. The molecule has 0 saturated carbocycles. The number of aliphatic carboxylic acids is 1. The highest BCUT2D eigenvalue weighted by Crippen LogP contribution is 2.08. The predicted molar refractivity (Wildman–Crippen MR) is 74.5 cm³/mol. The van der Waals surface area contributed by atoms with Crippen LogP contribution in [0.1, 0.15) is 18.1 Å². The quantitative estimate of drug-likeness (QED) is 0.699. The highest BCUT2D eigenvalue weighted by Gasteiger charge is 2.19. The molecule has 2 amide bonds. The van der Waals surface area contributed by atoms with E-state index in [9.17, 15) is 9.59 Å². The molecule has 0 aliphatic rings. The van der Waals surface area contributed by atoms with Crippen LogP contribution in [0.4, 0.5) is 4.79 Å². The summed E-state index contributed by atoms with van der Waals surface area (Å²) in [6, 6.07) is 6.20. The molecule has 1 atom stereocenters. The first-order chi connectivity index (χ1) is 9.58. The molecule has 3 N–H and O–H groups in total. The fourth-order valence-electron chi connectivity index (χ4n) is 1.80. The first-order valence-electron chi connectivity index (χ1n) is 6.41. The number of carbonyl (C=O) groups excluding carboxylic acids is 1. The van der Waals surface area contributed by atoms with Crippen LogP contribution >= 0.6 is 0 Å². The van der Waals surface area contributed by atoms with Crippen molar-refractivity contribution in [1.29, 1.82) is 0 Å². The maximum atomic E-state index is 11.7. The molecule has 1 aromatic rings. The highest BCUT2D eigenvalue weighted by atomic mass is 16.5. The highest BCUT2D eigenvalue weighted by molar-refractivity contribution is 5.82. The van der Waals surface area contributed by atoms with Crippen molar-refractivity contribution in [3.05, 3.63) is 35.4 Å². The van der Waals surface area contributed by atoms with E-state index < -0.39 is 18.0 Å². The minimum absolute atomic E-state index is 0.0751. The lowest BCUT2D eigenvalue weighted by atomic mass is 10.1. The normalized spacial score (nSPS) is 11.7. The molecule has 20 heavy (non-hydrogen) atoms. The van der Waals surface area contributed by atoms with E-state index in [2.05, 4.69) is 10.6 Å². The Morgan fingerprint density at radius 3 is 2.50 bits per heavy atom. The van der Waals surface area contributed by atoms with Gasteiger partial charge in [0.15, 0.2) is 6.04 Å². The van der Waals surface area contributed by atoms with E-state index in [1.165, 1.54) is 7.11 Å². The fraction of sp³-hybridized carbons (Fsp3) is 0.429. The van der Waals surface area contributed by atoms with Gasteiger partial charge in [0.1, 0.15) is 0 Å². The van der Waals surface area contributed by atoms with Crippen molar-refractivity contribution in [1.82, 2.24) is 10.6 Å². The maximum absolute atomic E-state index is 11.7. The molecule has 0 heterocycles. The monoisotopic (exact) mass is 280 g/mol. The lowest BCUT2D eigenvalue weighted by Gasteiger charge is -2.15. The lowest BCUT2D eigenvalue weighted by Crippen LogP contribution is -2.48. The third-order valence-corrected chi connectivity index (χ3v) is 2.88. The maximum Gasteiger partial charge on any atom is 0.328 e. The van der Waals surface area contributed by atoms with Crippen LogP contribution in [0, 0.1) is 0 Å². The van der Waals surface area contributed by atoms with E-state index in [-0.39, 0.29) is 6.61 Å². The Morgan fingerprint density at radius 2 is 1.95 bits per heavy atom. The van der Waals surface area contributed by atoms with Crippen LogP contribution in [0.25, 0.3) is 0 Å². The zero-order valence-electron chi connectivity index (χ0n) is 11.7. The number of nitrogens with one attached hydrogen (secondary N) is 2. The van der Waals surface area contributed by atoms with E-state index in [1.54, 1.807) is 0 Å². The summed E-state index contributed by atoms with van der Waals surface area (Å²) in [5.74, 6) is -1.13. The first-order valence-corrected chi connectivity index (χ1v) is 6.41. The van der Waals surface area contributed by atoms with Crippen molar-refractivity contribution in [2.45, 2.75) is 25.9 Å². The number of hydrogen-bond donors (Lipinski definition) is 3. The molecule has 6 heteroatoms. The topological polar surface area (TPSA) is 87.7 Å². The Balaban J connectivity index is 2.52. The summed E-state index contributed by atoms with van der Waals surface area (Å²) in [7, 11) is 1.38. The number of carbonyl (C=O) groups is 2. The predicted octanol–water partition coefficient (Wildman–Crippen LogP) is 1.15. The number of hydrogen-bond acceptors (Lipinski definition) is 3. The van der Waals surface area contributed by atoms with Gasteiger partial charge in [0.05, 0.1) is 6.61 Å². The molecule has 1 rings (SSSR count). The van der Waals surface area contributed by atoms with E-state index in [0.29, 0.717) is 6.54 Å². The summed E-state index contributed by atoms with van der Waals surface area (Å²) in [5, 5.41) is 13.9. The number of aryl methyl sites for hydroxylation is 1. The van der Waals surface area contributed by atoms with Crippen molar-refractivity contribution in [2.24, 2.45) is 0 Å². The van der Waals surface area contributed by atoms with E-state index in [1.807, 2.05) is 31.2 Å². The van der Waals surface area contributed by atoms with Gasteiger partial charge in [-0.1, -0.05) is 31.2 Å². The van der Waals surface area contributed by atoms with E-state index >= 15 is 0 Å². The molecule has 0 aliphatic heterocycles. The molecule has 0 saturated heterocycles. The van der Waals surface area contributed by atoms with Gasteiger partial charge < -0.3 is 20.5 Å². The number of benzene rings is 1. The summed E-state index contributed by atoms with van der Waals surface area (Å²) in [4.78, 5) is 22.5. The second kappa shape index (κ2) is 8.16. The summed E-state index contributed by atoms with van der Waals surface area (Å²) in [5.41, 5.74) is 2.17. The molecule has 1 aromatic carbocycles. The minimum Gasteiger partial charge on any atom is -0.480 e. The molecule has 1 unspecified atom stereocenters. The van der Waals surface area contributed by atoms with Gasteiger partial charge in [-0.15, -0.1) is 0 Å². The van der Waals surface area contributed by atoms with Crippen molar-refractivity contribution in [3.8, 4) is 0 Å². The second-order valence-corrected chi connectivity index (χ2v) is 4.30. The molecule has 6 nitrogen and oxygen atoms in total. The molecule has 0 spiro atoms. The average Bonchev–Trinajstić information content (AvgIpc) is 2.44. The first kappa shape index (κ1) is 16.0. The lowest BCUT2D eigenvalue weighted by molar-refractivity contribution is -0.140. The average molecular weight is 280 g/mol. The van der Waals surface area contributed by atoms with Gasteiger partial charge in [-0.05, 0) is 17.5 Å². The zero-order valence-corrected chi connectivity index (χ0v) is 11.7. The van der Waals surface area contributed by atoms with Crippen LogP contribution in [0.15, 0.2) is 24.3 Å². The summed E-state index contributed by atoms with van der Waals surface area (Å²) in [6.45, 7) is 2.32. The summed E-state index contributed by atoms with van der Waals surface area (Å²) >= 11 is 0. The number of carboxylic acids is 1. The number of rotatable bonds is 7. The number of methoxy groups -OCH3 is 1. The van der Waals surface area contributed by atoms with E-state index in [0.717, 1.165) is 17.5 Å². The second-order valence-electron chi connectivity index (χ2n) is 4.30. The Hall–Kier alpha value is -2.08. The molecule has 0 aromatic heterocycles. The van der Waals surface area contributed by atoms with Crippen molar-refractivity contribution in [2.75, 3.05) is 13.7 Å². The molecule has 0 bridgehead atoms. The molecule has 0 radical (unpaired) electrons. The third-order valence-electron chi connectivity index (χ3n) is 2.88. The van der Waals surface area contributed by atoms with Gasteiger partial charge in [-0.2, -0.15) is 0 Å². The largest absolute Gasteiger partial charge is 0.480 e. The van der Waals surface area contributed by atoms with Crippen molar-refractivity contribution >= 4 is 12.0 Å². The summed E-state index contributed by atoms with van der Waals surface area (Å²) in [6.07, 6.45) is 0.876. The number of ether oxygens (including phenoxy) is 1. The van der Waals surface area contributed by atoms with Gasteiger partial charge >= 0.3 is 12.0 Å². The van der Waals surface area contributed by atoms with Crippen molar-refractivity contribution in [3.63, 3.8) is 0 Å². The zero-order chi connectivity index (χ0) is 15.0. The minimum atomic E-state index is -1.13. The van der Waals surface area contributed by atoms with Gasteiger partial charge in [-0.3, -0.25) is 0 Å². The van der Waals surface area contributed by atoms with Gasteiger partial charge in [0.2, 0.25) is 0 Å². The van der Waals surface area contributed by atoms with Gasteiger partial charge in [0.25, 0.3) is 0 Å². The van der Waals surface area contributed by atoms with Crippen LogP contribution in [-0.2, 0) is 22.5 Å². The Bertz CT molecular complexity index is 462. The van der Waals surface area contributed by atoms with Gasteiger partial charge in [0, 0.05) is 13.7 Å². The SMILES string of the molecule is CCc1ccccc1CNC(=O)NC(COC)C(=O)O. The number of urea groups is 1. The van der Waals surface area contributed by atoms with Gasteiger partial charge in [-0.25, -0.2) is 9.59 Å². The standard InChI is InChI=1S/C14H20N2O4/c1-3-10-6-4-5-7-11(10)8-15-14(19)16-12(9-20-2)13(17)18/h4-7,12H,3,8-9H2,1-2H3,(H,17,18)(H2,15,16,19). The van der Waals surface area contributed by atoms with Crippen LogP contribution in [0.3, 0.4) is 0 Å². The smallest absolute Gasteiger partial charge is 0.328 e. The van der Waals surface area contributed by atoms with Crippen LogP contribution in [0.2, 0.25) is 0 Å². The number of carboxylic acid groups (broad SMARTS) is 1. The molecule has 0 fully saturated rings. The molecule has 0 aliphatic carbocycles. The number of amides is 2. The Labute approximate surface area is 118 Å². The Morgan fingerprint density at radius 1 is 1.30 bits per heavy atom. The van der Waals surface area contributed by atoms with Crippen LogP contribution in [0.5, 0.6) is 0 Å². The van der Waals surface area contributed by atoms with Crippen LogP contribution in [-0.4, -0.2) is 36.9 Å². The third kappa shape index (κ3) is 4.89. The fourth-order valence-corrected chi connectivity index (χ4v) is 1.80. The molecular formula is C14H20N2O4.